The van der Waals surface area contributed by atoms with E-state index in [0.29, 0.717) is 6.42 Å². The van der Waals surface area contributed by atoms with Gasteiger partial charge in [-0.25, -0.2) is 12.8 Å². The standard InChI is InChI=1S/C12H13ClFNO4S/c1-12(11(16)17)6-3-7-15(12)20(18,19)9-5-2-4-8(13)10(9)14/h2,4-5H,3,6-7H2,1H3,(H,16,17). The number of rotatable bonds is 3. The van der Waals surface area contributed by atoms with Crippen molar-refractivity contribution >= 4 is 27.6 Å². The van der Waals surface area contributed by atoms with Gasteiger partial charge in [-0.05, 0) is 31.9 Å². The van der Waals surface area contributed by atoms with E-state index in [1.54, 1.807) is 0 Å². The van der Waals surface area contributed by atoms with Crippen LogP contribution in [0.5, 0.6) is 0 Å². The number of nitrogens with zero attached hydrogens (tertiary/aromatic N) is 1. The molecule has 5 nitrogen and oxygen atoms in total. The van der Waals surface area contributed by atoms with Crippen molar-refractivity contribution in [2.24, 2.45) is 0 Å². The monoisotopic (exact) mass is 321 g/mol. The Morgan fingerprint density at radius 3 is 2.75 bits per heavy atom. The summed E-state index contributed by atoms with van der Waals surface area (Å²) in [6, 6.07) is 3.62. The lowest BCUT2D eigenvalue weighted by molar-refractivity contribution is -0.146. The molecular formula is C12H13ClFNO4S. The SMILES string of the molecule is CC1(C(=O)O)CCCN1S(=O)(=O)c1cccc(Cl)c1F. The summed E-state index contributed by atoms with van der Waals surface area (Å²) in [7, 11) is -4.25. The van der Waals surface area contributed by atoms with E-state index in [9.17, 15) is 22.7 Å². The molecule has 1 unspecified atom stereocenters. The number of benzene rings is 1. The highest BCUT2D eigenvalue weighted by molar-refractivity contribution is 7.89. The molecule has 8 heteroatoms. The van der Waals surface area contributed by atoms with Crippen LogP contribution in [0.25, 0.3) is 0 Å². The highest BCUT2D eigenvalue weighted by Gasteiger charge is 2.50. The number of hydrogen-bond donors (Lipinski definition) is 1. The second-order valence-electron chi connectivity index (χ2n) is 4.81. The van der Waals surface area contributed by atoms with E-state index < -0.39 is 32.2 Å². The summed E-state index contributed by atoms with van der Waals surface area (Å²) >= 11 is 5.59. The largest absolute Gasteiger partial charge is 0.480 e. The lowest BCUT2D eigenvalue weighted by atomic mass is 10.0. The first-order valence-corrected chi connectivity index (χ1v) is 7.73. The molecule has 1 fully saturated rings. The van der Waals surface area contributed by atoms with E-state index in [0.717, 1.165) is 10.4 Å². The molecule has 0 saturated carbocycles. The zero-order valence-electron chi connectivity index (χ0n) is 10.6. The number of halogens is 2. The smallest absolute Gasteiger partial charge is 0.324 e. The molecule has 110 valence electrons. The molecule has 1 aliphatic rings. The summed E-state index contributed by atoms with van der Waals surface area (Å²) in [5.41, 5.74) is -1.56. The first-order chi connectivity index (χ1) is 9.21. The molecule has 0 aliphatic carbocycles. The molecule has 1 atom stereocenters. The van der Waals surface area contributed by atoms with Crippen LogP contribution in [0.4, 0.5) is 4.39 Å². The minimum atomic E-state index is -4.25. The van der Waals surface area contributed by atoms with Gasteiger partial charge in [0.15, 0.2) is 5.82 Å². The maximum atomic E-state index is 13.9. The van der Waals surface area contributed by atoms with Crippen LogP contribution in [0.15, 0.2) is 23.1 Å². The van der Waals surface area contributed by atoms with Crippen LogP contribution in [-0.2, 0) is 14.8 Å². The number of hydrogen-bond acceptors (Lipinski definition) is 3. The van der Waals surface area contributed by atoms with Crippen LogP contribution < -0.4 is 0 Å². The molecule has 20 heavy (non-hydrogen) atoms. The molecule has 2 rings (SSSR count). The number of carboxylic acids is 1. The Labute approximate surface area is 121 Å². The van der Waals surface area contributed by atoms with Crippen LogP contribution in [-0.4, -0.2) is 35.9 Å². The van der Waals surface area contributed by atoms with Gasteiger partial charge in [-0.1, -0.05) is 17.7 Å². The number of carboxylic acid groups (broad SMARTS) is 1. The number of aliphatic carboxylic acids is 1. The minimum absolute atomic E-state index is 0.0388. The Hall–Kier alpha value is -1.18. The molecular weight excluding hydrogens is 309 g/mol. The van der Waals surface area contributed by atoms with E-state index in [4.69, 9.17) is 11.6 Å². The van der Waals surface area contributed by atoms with Gasteiger partial charge >= 0.3 is 5.97 Å². The van der Waals surface area contributed by atoms with E-state index in [1.807, 2.05) is 0 Å². The Kier molecular flexibility index (Phi) is 3.79. The van der Waals surface area contributed by atoms with Crippen LogP contribution in [0, 0.1) is 5.82 Å². The lowest BCUT2D eigenvalue weighted by Gasteiger charge is -2.30. The van der Waals surface area contributed by atoms with Crippen molar-refractivity contribution in [2.45, 2.75) is 30.2 Å². The zero-order chi connectivity index (χ0) is 15.1. The molecule has 0 aromatic heterocycles. The zero-order valence-corrected chi connectivity index (χ0v) is 12.2. The van der Waals surface area contributed by atoms with Crippen molar-refractivity contribution in [1.29, 1.82) is 0 Å². The Balaban J connectivity index is 2.56. The van der Waals surface area contributed by atoms with Crippen molar-refractivity contribution in [3.8, 4) is 0 Å². The Bertz CT molecular complexity index is 663. The van der Waals surface area contributed by atoms with Crippen LogP contribution in [0.3, 0.4) is 0 Å². The average molecular weight is 322 g/mol. The van der Waals surface area contributed by atoms with Gasteiger partial charge in [-0.3, -0.25) is 4.79 Å². The molecule has 1 saturated heterocycles. The molecule has 1 aliphatic heterocycles. The molecule has 0 radical (unpaired) electrons. The third kappa shape index (κ3) is 2.19. The van der Waals surface area contributed by atoms with Crippen LogP contribution >= 0.6 is 11.6 Å². The summed E-state index contributed by atoms with van der Waals surface area (Å²) in [6.07, 6.45) is 0.591. The highest BCUT2D eigenvalue weighted by atomic mass is 35.5. The average Bonchev–Trinajstić information content (AvgIpc) is 2.77. The van der Waals surface area contributed by atoms with Gasteiger partial charge in [-0.2, -0.15) is 4.31 Å². The van der Waals surface area contributed by atoms with Gasteiger partial charge in [0.05, 0.1) is 5.02 Å². The number of carbonyl (C=O) groups is 1. The van der Waals surface area contributed by atoms with Crippen molar-refractivity contribution in [1.82, 2.24) is 4.31 Å². The Morgan fingerprint density at radius 2 is 2.15 bits per heavy atom. The van der Waals surface area contributed by atoms with Crippen molar-refractivity contribution in [2.75, 3.05) is 6.54 Å². The first-order valence-electron chi connectivity index (χ1n) is 5.91. The van der Waals surface area contributed by atoms with Gasteiger partial charge in [0, 0.05) is 6.54 Å². The number of sulfonamides is 1. The predicted octanol–water partition coefficient (Wildman–Crippen LogP) is 2.11. The third-order valence-electron chi connectivity index (χ3n) is 3.52. The van der Waals surface area contributed by atoms with E-state index in [1.165, 1.54) is 19.1 Å². The first kappa shape index (κ1) is 15.2. The van der Waals surface area contributed by atoms with Gasteiger partial charge in [0.2, 0.25) is 10.0 Å². The third-order valence-corrected chi connectivity index (χ3v) is 5.85. The fourth-order valence-corrected chi connectivity index (χ4v) is 4.46. The molecule has 1 aromatic rings. The maximum absolute atomic E-state index is 13.9. The molecule has 0 spiro atoms. The quantitative estimate of drug-likeness (QED) is 0.925. The minimum Gasteiger partial charge on any atom is -0.480 e. The lowest BCUT2D eigenvalue weighted by Crippen LogP contribution is -2.50. The van der Waals surface area contributed by atoms with Crippen LogP contribution in [0.1, 0.15) is 19.8 Å². The highest BCUT2D eigenvalue weighted by Crippen LogP contribution is 2.36. The van der Waals surface area contributed by atoms with E-state index in [-0.39, 0.29) is 18.0 Å². The molecule has 1 N–H and O–H groups in total. The Morgan fingerprint density at radius 1 is 1.50 bits per heavy atom. The van der Waals surface area contributed by atoms with Crippen molar-refractivity contribution < 1.29 is 22.7 Å². The molecule has 1 aromatic carbocycles. The molecule has 0 amide bonds. The van der Waals surface area contributed by atoms with Gasteiger partial charge in [0.1, 0.15) is 10.4 Å². The molecule has 1 heterocycles. The summed E-state index contributed by atoms with van der Waals surface area (Å²) in [6.45, 7) is 1.36. The van der Waals surface area contributed by atoms with Crippen molar-refractivity contribution in [3.05, 3.63) is 29.0 Å². The van der Waals surface area contributed by atoms with Crippen molar-refractivity contribution in [3.63, 3.8) is 0 Å². The van der Waals surface area contributed by atoms with Gasteiger partial charge < -0.3 is 5.11 Å². The van der Waals surface area contributed by atoms with E-state index >= 15 is 0 Å². The normalized spacial score (nSPS) is 23.9. The second-order valence-corrected chi connectivity index (χ2v) is 7.05. The van der Waals surface area contributed by atoms with Gasteiger partial charge in [-0.15, -0.1) is 0 Å². The fraction of sp³-hybridized carbons (Fsp3) is 0.417. The van der Waals surface area contributed by atoms with E-state index in [2.05, 4.69) is 0 Å². The predicted molar refractivity (Wildman–Crippen MR) is 70.6 cm³/mol. The maximum Gasteiger partial charge on any atom is 0.324 e. The summed E-state index contributed by atoms with van der Waals surface area (Å²) < 4.78 is 39.7. The second kappa shape index (κ2) is 4.98. The summed E-state index contributed by atoms with van der Waals surface area (Å²) in [4.78, 5) is 10.7. The summed E-state index contributed by atoms with van der Waals surface area (Å²) in [5, 5.41) is 8.93. The molecule has 0 bridgehead atoms. The van der Waals surface area contributed by atoms with Gasteiger partial charge in [0.25, 0.3) is 0 Å². The fourth-order valence-electron chi connectivity index (χ4n) is 2.34. The summed E-state index contributed by atoms with van der Waals surface area (Å²) in [5.74, 6) is -2.31. The van der Waals surface area contributed by atoms with Crippen LogP contribution in [0.2, 0.25) is 5.02 Å². The topological polar surface area (TPSA) is 74.7 Å².